The number of halogens is 3. The second-order valence-electron chi connectivity index (χ2n) is 7.13. The topological polar surface area (TPSA) is 110 Å². The smallest absolute Gasteiger partial charge is 0.351 e. The zero-order valence-electron chi connectivity index (χ0n) is 16.1. The number of rotatable bonds is 7. The van der Waals surface area contributed by atoms with E-state index in [2.05, 4.69) is 20.4 Å². The van der Waals surface area contributed by atoms with Gasteiger partial charge in [-0.1, -0.05) is 6.92 Å². The SMILES string of the molecule is CC(C=O)Cn1cc(S(=O)(=O)N2CCC(Nc3ncc(C(F)(F)F)cn3)CC2)cn1. The fourth-order valence-electron chi connectivity index (χ4n) is 3.04. The van der Waals surface area contributed by atoms with Gasteiger partial charge in [0.2, 0.25) is 16.0 Å². The second-order valence-corrected chi connectivity index (χ2v) is 9.07. The van der Waals surface area contributed by atoms with E-state index in [4.69, 9.17) is 0 Å². The van der Waals surface area contributed by atoms with Gasteiger partial charge in [0, 0.05) is 43.6 Å². The molecule has 0 amide bonds. The van der Waals surface area contributed by atoms with Crippen molar-refractivity contribution in [2.45, 2.75) is 43.4 Å². The Morgan fingerprint density at radius 2 is 1.87 bits per heavy atom. The second kappa shape index (κ2) is 8.68. The van der Waals surface area contributed by atoms with Gasteiger partial charge in [-0.2, -0.15) is 22.6 Å². The number of nitrogens with one attached hydrogen (secondary N) is 1. The van der Waals surface area contributed by atoms with Crippen LogP contribution in [0.5, 0.6) is 0 Å². The van der Waals surface area contributed by atoms with Crippen molar-refractivity contribution in [2.75, 3.05) is 18.4 Å². The fourth-order valence-corrected chi connectivity index (χ4v) is 4.46. The first-order valence-corrected chi connectivity index (χ1v) is 10.7. The highest BCUT2D eigenvalue weighted by molar-refractivity contribution is 7.89. The van der Waals surface area contributed by atoms with Gasteiger partial charge >= 0.3 is 6.18 Å². The molecule has 30 heavy (non-hydrogen) atoms. The van der Waals surface area contributed by atoms with E-state index >= 15 is 0 Å². The summed E-state index contributed by atoms with van der Waals surface area (Å²) in [7, 11) is -3.72. The summed E-state index contributed by atoms with van der Waals surface area (Å²) in [5, 5.41) is 6.95. The largest absolute Gasteiger partial charge is 0.419 e. The summed E-state index contributed by atoms with van der Waals surface area (Å²) in [6.07, 6.45) is 1.23. The number of hydrogen-bond acceptors (Lipinski definition) is 7. The number of hydrogen-bond donors (Lipinski definition) is 1. The van der Waals surface area contributed by atoms with Crippen molar-refractivity contribution >= 4 is 22.3 Å². The van der Waals surface area contributed by atoms with Gasteiger partial charge in [-0.05, 0) is 12.8 Å². The first-order valence-electron chi connectivity index (χ1n) is 9.23. The number of aromatic nitrogens is 4. The summed E-state index contributed by atoms with van der Waals surface area (Å²) in [6.45, 7) is 2.46. The van der Waals surface area contributed by atoms with E-state index in [1.165, 1.54) is 21.4 Å². The highest BCUT2D eigenvalue weighted by atomic mass is 32.2. The molecule has 164 valence electrons. The number of carbonyl (C=O) groups is 1. The summed E-state index contributed by atoms with van der Waals surface area (Å²) < 4.78 is 66.1. The standard InChI is InChI=1S/C17H21F3N6O3S/c1-12(11-27)9-25-10-15(8-23-25)30(28,29)26-4-2-14(3-5-26)24-16-21-6-13(7-22-16)17(18,19)20/h6-8,10-12,14H,2-5,9H2,1H3,(H,21,22,24). The van der Waals surface area contributed by atoms with E-state index in [-0.39, 0.29) is 42.4 Å². The molecular formula is C17H21F3N6O3S. The maximum atomic E-state index is 12.8. The highest BCUT2D eigenvalue weighted by Crippen LogP contribution is 2.28. The number of carbonyl (C=O) groups excluding carboxylic acids is 1. The van der Waals surface area contributed by atoms with Crippen molar-refractivity contribution in [1.82, 2.24) is 24.1 Å². The molecule has 13 heteroatoms. The molecule has 3 heterocycles. The summed E-state index contributed by atoms with van der Waals surface area (Å²) in [5.74, 6) is -0.218. The van der Waals surface area contributed by atoms with Gasteiger partial charge < -0.3 is 10.1 Å². The Morgan fingerprint density at radius 3 is 2.43 bits per heavy atom. The third-order valence-corrected chi connectivity index (χ3v) is 6.57. The number of anilines is 1. The van der Waals surface area contributed by atoms with Crippen LogP contribution in [0.1, 0.15) is 25.3 Å². The minimum Gasteiger partial charge on any atom is -0.351 e. The first-order chi connectivity index (χ1) is 14.1. The van der Waals surface area contributed by atoms with E-state index < -0.39 is 21.8 Å². The van der Waals surface area contributed by atoms with Gasteiger partial charge in [-0.15, -0.1) is 0 Å². The Hall–Kier alpha value is -2.54. The lowest BCUT2D eigenvalue weighted by Crippen LogP contribution is -2.42. The van der Waals surface area contributed by atoms with Crippen LogP contribution in [-0.2, 0) is 27.5 Å². The normalized spacial score (nSPS) is 17.6. The van der Waals surface area contributed by atoms with E-state index in [1.807, 2.05) is 0 Å². The molecule has 9 nitrogen and oxygen atoms in total. The molecule has 0 aromatic carbocycles. The number of alkyl halides is 3. The molecule has 0 bridgehead atoms. The Kier molecular flexibility index (Phi) is 6.41. The average molecular weight is 446 g/mol. The van der Waals surface area contributed by atoms with Gasteiger partial charge in [0.25, 0.3) is 0 Å². The molecule has 1 atom stereocenters. The maximum Gasteiger partial charge on any atom is 0.419 e. The third kappa shape index (κ3) is 5.14. The van der Waals surface area contributed by atoms with Crippen LogP contribution in [0.4, 0.5) is 19.1 Å². The minimum atomic E-state index is -4.50. The number of aldehydes is 1. The van der Waals surface area contributed by atoms with Gasteiger partial charge in [0.15, 0.2) is 0 Å². The molecule has 0 aliphatic carbocycles. The van der Waals surface area contributed by atoms with Crippen molar-refractivity contribution in [2.24, 2.45) is 5.92 Å². The predicted molar refractivity (Wildman–Crippen MR) is 99.9 cm³/mol. The molecule has 1 aliphatic heterocycles. The molecule has 2 aromatic rings. The van der Waals surface area contributed by atoms with Gasteiger partial charge in [-0.25, -0.2) is 18.4 Å². The maximum absolute atomic E-state index is 12.8. The van der Waals surface area contributed by atoms with Crippen LogP contribution < -0.4 is 5.32 Å². The van der Waals surface area contributed by atoms with Gasteiger partial charge in [0.1, 0.15) is 11.2 Å². The Bertz CT molecular complexity index is 969. The van der Waals surface area contributed by atoms with Crippen LogP contribution in [0.2, 0.25) is 0 Å². The average Bonchev–Trinajstić information content (AvgIpc) is 3.17. The number of nitrogens with zero attached hydrogens (tertiary/aromatic N) is 5. The van der Waals surface area contributed by atoms with Crippen LogP contribution in [0.15, 0.2) is 29.7 Å². The first kappa shape index (κ1) is 22.2. The molecule has 1 fully saturated rings. The van der Waals surface area contributed by atoms with E-state index in [0.717, 1.165) is 6.29 Å². The van der Waals surface area contributed by atoms with Gasteiger partial charge in [-0.3, -0.25) is 4.68 Å². The Balaban J connectivity index is 1.57. The highest BCUT2D eigenvalue weighted by Gasteiger charge is 2.32. The summed E-state index contributed by atoms with van der Waals surface area (Å²) in [5.41, 5.74) is -0.933. The molecule has 2 aromatic heterocycles. The molecule has 1 aliphatic rings. The molecule has 0 spiro atoms. The molecule has 0 saturated carbocycles. The molecular weight excluding hydrogens is 425 g/mol. The van der Waals surface area contributed by atoms with E-state index in [0.29, 0.717) is 25.2 Å². The molecule has 1 N–H and O–H groups in total. The van der Waals surface area contributed by atoms with Crippen molar-refractivity contribution in [1.29, 1.82) is 0 Å². The van der Waals surface area contributed by atoms with E-state index in [9.17, 15) is 26.4 Å². The summed E-state index contributed by atoms with van der Waals surface area (Å²) >= 11 is 0. The van der Waals surface area contributed by atoms with E-state index in [1.54, 1.807) is 6.92 Å². The lowest BCUT2D eigenvalue weighted by molar-refractivity contribution is -0.138. The van der Waals surface area contributed by atoms with Crippen molar-refractivity contribution < 1.29 is 26.4 Å². The zero-order valence-corrected chi connectivity index (χ0v) is 16.9. The fraction of sp³-hybridized carbons (Fsp3) is 0.529. The molecule has 3 rings (SSSR count). The zero-order chi connectivity index (χ0) is 21.9. The molecule has 0 radical (unpaired) electrons. The minimum absolute atomic E-state index is 0.0538. The van der Waals surface area contributed by atoms with Crippen LogP contribution in [0.3, 0.4) is 0 Å². The van der Waals surface area contributed by atoms with Crippen molar-refractivity contribution in [3.8, 4) is 0 Å². The predicted octanol–water partition coefficient (Wildman–Crippen LogP) is 1.79. The Morgan fingerprint density at radius 1 is 1.23 bits per heavy atom. The quantitative estimate of drug-likeness (QED) is 0.646. The lowest BCUT2D eigenvalue weighted by Gasteiger charge is -2.31. The van der Waals surface area contributed by atoms with Crippen molar-refractivity contribution in [3.05, 3.63) is 30.4 Å². The molecule has 1 unspecified atom stereocenters. The third-order valence-electron chi connectivity index (χ3n) is 4.72. The number of sulfonamides is 1. The van der Waals surface area contributed by atoms with Crippen LogP contribution >= 0.6 is 0 Å². The summed E-state index contributed by atoms with van der Waals surface area (Å²) in [6, 6.07) is -0.163. The number of piperidine rings is 1. The van der Waals surface area contributed by atoms with Gasteiger partial charge in [0.05, 0.1) is 18.3 Å². The van der Waals surface area contributed by atoms with Crippen LogP contribution in [0.25, 0.3) is 0 Å². The monoisotopic (exact) mass is 446 g/mol. The van der Waals surface area contributed by atoms with Crippen LogP contribution in [-0.4, -0.2) is 57.9 Å². The summed E-state index contributed by atoms with van der Waals surface area (Å²) in [4.78, 5) is 18.2. The van der Waals surface area contributed by atoms with Crippen molar-refractivity contribution in [3.63, 3.8) is 0 Å². The van der Waals surface area contributed by atoms with Crippen LogP contribution in [0, 0.1) is 5.92 Å². The molecule has 1 saturated heterocycles. The lowest BCUT2D eigenvalue weighted by atomic mass is 10.1. The Labute approximate surface area is 171 Å².